The van der Waals surface area contributed by atoms with Gasteiger partial charge in [0.1, 0.15) is 6.10 Å². The first-order valence-electron chi connectivity index (χ1n) is 6.09. The number of rotatable bonds is 4. The zero-order chi connectivity index (χ0) is 15.6. The lowest BCUT2D eigenvalue weighted by Gasteiger charge is -2.14. The molecule has 0 aromatic heterocycles. The molecule has 1 fully saturated rings. The van der Waals surface area contributed by atoms with E-state index in [9.17, 15) is 22.8 Å². The third kappa shape index (κ3) is 3.87. The average Bonchev–Trinajstić information content (AvgIpc) is 2.68. The second-order valence-corrected chi connectivity index (χ2v) is 4.68. The van der Waals surface area contributed by atoms with E-state index in [1.807, 2.05) is 0 Å². The largest absolute Gasteiger partial charge is 0.481 e. The van der Waals surface area contributed by atoms with Gasteiger partial charge in [0, 0.05) is 6.54 Å². The van der Waals surface area contributed by atoms with Crippen LogP contribution in [-0.2, 0) is 22.3 Å². The normalized spacial score (nSPS) is 18.7. The maximum Gasteiger partial charge on any atom is 0.416 e. The van der Waals surface area contributed by atoms with Gasteiger partial charge in [-0.2, -0.15) is 13.2 Å². The summed E-state index contributed by atoms with van der Waals surface area (Å²) in [4.78, 5) is 23.3. The average molecular weight is 303 g/mol. The Kier molecular flexibility index (Phi) is 4.06. The number of ether oxygens (including phenoxy) is 1. The number of carboxylic acids is 1. The van der Waals surface area contributed by atoms with Gasteiger partial charge in [0.15, 0.2) is 0 Å². The molecule has 21 heavy (non-hydrogen) atoms. The van der Waals surface area contributed by atoms with Crippen molar-refractivity contribution in [1.29, 1.82) is 0 Å². The number of cyclic esters (lactones) is 1. The van der Waals surface area contributed by atoms with E-state index in [1.54, 1.807) is 0 Å². The first kappa shape index (κ1) is 15.1. The van der Waals surface area contributed by atoms with E-state index in [0.717, 1.165) is 12.1 Å². The highest BCUT2D eigenvalue weighted by Crippen LogP contribution is 2.30. The van der Waals surface area contributed by atoms with Crippen molar-refractivity contribution in [2.75, 3.05) is 6.54 Å². The number of carboxylic acid groups (broad SMARTS) is 1. The van der Waals surface area contributed by atoms with E-state index in [2.05, 4.69) is 0 Å². The number of carbonyl (C=O) groups excluding carboxylic acids is 1. The predicted octanol–water partition coefficient (Wildman–Crippen LogP) is 2.50. The Morgan fingerprint density at radius 3 is 2.76 bits per heavy atom. The SMILES string of the molecule is O=C(O)CC1CN(Cc2cccc(C(F)(F)F)c2)C(=O)O1. The first-order chi connectivity index (χ1) is 9.75. The molecule has 0 aliphatic carbocycles. The van der Waals surface area contributed by atoms with Gasteiger partial charge in [-0.25, -0.2) is 4.79 Å². The van der Waals surface area contributed by atoms with E-state index in [1.165, 1.54) is 17.0 Å². The number of nitrogens with zero attached hydrogens (tertiary/aromatic N) is 1. The van der Waals surface area contributed by atoms with Crippen LogP contribution in [0.15, 0.2) is 24.3 Å². The van der Waals surface area contributed by atoms with Gasteiger partial charge < -0.3 is 14.7 Å². The highest BCUT2D eigenvalue weighted by atomic mass is 19.4. The quantitative estimate of drug-likeness (QED) is 0.928. The van der Waals surface area contributed by atoms with Crippen LogP contribution >= 0.6 is 0 Å². The standard InChI is InChI=1S/C13H12F3NO4/c14-13(15,16)9-3-1-2-8(4-9)6-17-7-10(5-11(18)19)21-12(17)20/h1-4,10H,5-7H2,(H,18,19). The van der Waals surface area contributed by atoms with E-state index >= 15 is 0 Å². The summed E-state index contributed by atoms with van der Waals surface area (Å²) in [5, 5.41) is 8.63. The lowest BCUT2D eigenvalue weighted by atomic mass is 10.1. The van der Waals surface area contributed by atoms with Crippen LogP contribution in [0.2, 0.25) is 0 Å². The minimum Gasteiger partial charge on any atom is -0.481 e. The summed E-state index contributed by atoms with van der Waals surface area (Å²) in [5.74, 6) is -1.10. The number of amides is 1. The Morgan fingerprint density at radius 2 is 2.14 bits per heavy atom. The summed E-state index contributed by atoms with van der Waals surface area (Å²) in [6, 6.07) is 4.62. The van der Waals surface area contributed by atoms with Crippen LogP contribution in [0.1, 0.15) is 17.5 Å². The van der Waals surface area contributed by atoms with Crippen molar-refractivity contribution < 1.29 is 32.6 Å². The van der Waals surface area contributed by atoms with Crippen molar-refractivity contribution >= 4 is 12.1 Å². The number of hydrogen-bond acceptors (Lipinski definition) is 3. The number of alkyl halides is 3. The highest BCUT2D eigenvalue weighted by molar-refractivity contribution is 5.72. The molecule has 2 rings (SSSR count). The summed E-state index contributed by atoms with van der Waals surface area (Å²) in [6.45, 7) is -0.0136. The van der Waals surface area contributed by atoms with E-state index in [0.29, 0.717) is 5.56 Å². The number of hydrogen-bond donors (Lipinski definition) is 1. The molecule has 0 spiro atoms. The molecule has 1 aliphatic rings. The number of halogens is 3. The van der Waals surface area contributed by atoms with E-state index < -0.39 is 29.9 Å². The van der Waals surface area contributed by atoms with E-state index in [4.69, 9.17) is 9.84 Å². The fourth-order valence-corrected chi connectivity index (χ4v) is 2.07. The lowest BCUT2D eigenvalue weighted by Crippen LogP contribution is -2.25. The van der Waals surface area contributed by atoms with Crippen LogP contribution in [0.4, 0.5) is 18.0 Å². The molecule has 1 unspecified atom stereocenters. The molecule has 0 saturated carbocycles. The highest BCUT2D eigenvalue weighted by Gasteiger charge is 2.34. The van der Waals surface area contributed by atoms with Gasteiger partial charge >= 0.3 is 18.2 Å². The van der Waals surface area contributed by atoms with Crippen LogP contribution in [0.3, 0.4) is 0 Å². The third-order valence-electron chi connectivity index (χ3n) is 2.98. The molecule has 1 aromatic rings. The Hall–Kier alpha value is -2.25. The molecule has 5 nitrogen and oxygen atoms in total. The van der Waals surface area contributed by atoms with Gasteiger partial charge in [0.05, 0.1) is 18.5 Å². The van der Waals surface area contributed by atoms with Crippen LogP contribution in [-0.4, -0.2) is 34.7 Å². The molecule has 1 aromatic carbocycles. The zero-order valence-electron chi connectivity index (χ0n) is 10.8. The minimum absolute atomic E-state index is 0.0430. The molecule has 1 heterocycles. The fourth-order valence-electron chi connectivity index (χ4n) is 2.07. The molecule has 1 aliphatic heterocycles. The summed E-state index contributed by atoms with van der Waals surface area (Å²) in [7, 11) is 0. The smallest absolute Gasteiger partial charge is 0.416 e. The lowest BCUT2D eigenvalue weighted by molar-refractivity contribution is -0.139. The number of benzene rings is 1. The Labute approximate surface area is 117 Å². The van der Waals surface area contributed by atoms with Crippen LogP contribution in [0.5, 0.6) is 0 Å². The molecular weight excluding hydrogens is 291 g/mol. The van der Waals surface area contributed by atoms with Crippen molar-refractivity contribution in [3.05, 3.63) is 35.4 Å². The maximum atomic E-state index is 12.6. The van der Waals surface area contributed by atoms with Gasteiger partial charge in [-0.1, -0.05) is 12.1 Å². The molecule has 8 heteroatoms. The van der Waals surface area contributed by atoms with Crippen molar-refractivity contribution in [3.8, 4) is 0 Å². The minimum atomic E-state index is -4.45. The Morgan fingerprint density at radius 1 is 1.43 bits per heavy atom. The Bertz CT molecular complexity index is 559. The molecule has 1 atom stereocenters. The summed E-state index contributed by atoms with van der Waals surface area (Å²) < 4.78 is 42.6. The molecule has 1 saturated heterocycles. The fraction of sp³-hybridized carbons (Fsp3) is 0.385. The van der Waals surface area contributed by atoms with Gasteiger partial charge in [-0.15, -0.1) is 0 Å². The maximum absolute atomic E-state index is 12.6. The van der Waals surface area contributed by atoms with Crippen molar-refractivity contribution in [2.24, 2.45) is 0 Å². The second-order valence-electron chi connectivity index (χ2n) is 4.68. The molecular formula is C13H12F3NO4. The van der Waals surface area contributed by atoms with Gasteiger partial charge in [-0.05, 0) is 17.7 Å². The van der Waals surface area contributed by atoms with Crippen molar-refractivity contribution in [3.63, 3.8) is 0 Å². The molecule has 1 amide bonds. The summed E-state index contributed by atoms with van der Waals surface area (Å²) >= 11 is 0. The van der Waals surface area contributed by atoms with Crippen molar-refractivity contribution in [2.45, 2.75) is 25.2 Å². The zero-order valence-corrected chi connectivity index (χ0v) is 10.8. The van der Waals surface area contributed by atoms with Crippen LogP contribution in [0, 0.1) is 0 Å². The van der Waals surface area contributed by atoms with Crippen LogP contribution < -0.4 is 0 Å². The monoisotopic (exact) mass is 303 g/mol. The molecule has 114 valence electrons. The molecule has 0 bridgehead atoms. The van der Waals surface area contributed by atoms with E-state index in [-0.39, 0.29) is 19.5 Å². The molecule has 1 N–H and O–H groups in total. The first-order valence-corrected chi connectivity index (χ1v) is 6.09. The van der Waals surface area contributed by atoms with Gasteiger partial charge in [0.25, 0.3) is 0 Å². The van der Waals surface area contributed by atoms with Crippen molar-refractivity contribution in [1.82, 2.24) is 4.90 Å². The molecule has 0 radical (unpaired) electrons. The van der Waals surface area contributed by atoms with Crippen LogP contribution in [0.25, 0.3) is 0 Å². The van der Waals surface area contributed by atoms with Gasteiger partial charge in [0.2, 0.25) is 0 Å². The number of carbonyl (C=O) groups is 2. The second kappa shape index (κ2) is 5.63. The Balaban J connectivity index is 2.05. The predicted molar refractivity (Wildman–Crippen MR) is 64.4 cm³/mol. The third-order valence-corrected chi connectivity index (χ3v) is 2.98. The van der Waals surface area contributed by atoms with Gasteiger partial charge in [-0.3, -0.25) is 4.79 Å². The number of aliphatic carboxylic acids is 1. The summed E-state index contributed by atoms with van der Waals surface area (Å²) in [5.41, 5.74) is -0.493. The summed E-state index contributed by atoms with van der Waals surface area (Å²) in [6.07, 6.45) is -6.28. The topological polar surface area (TPSA) is 66.8 Å².